The lowest BCUT2D eigenvalue weighted by Gasteiger charge is -2.14. The molecule has 0 atom stereocenters. The van der Waals surface area contributed by atoms with E-state index in [0.29, 0.717) is 23.9 Å². The Balaban J connectivity index is 2.03. The van der Waals surface area contributed by atoms with Crippen LogP contribution in [0.15, 0.2) is 0 Å². The third-order valence-corrected chi connectivity index (χ3v) is 3.50. The monoisotopic (exact) mass is 251 g/mol. The van der Waals surface area contributed by atoms with Crippen LogP contribution in [0.2, 0.25) is 0 Å². The van der Waals surface area contributed by atoms with Crippen molar-refractivity contribution < 1.29 is 0 Å². The molecule has 2 rings (SSSR count). The molecule has 5 nitrogen and oxygen atoms in total. The van der Waals surface area contributed by atoms with E-state index in [9.17, 15) is 0 Å². The van der Waals surface area contributed by atoms with E-state index < -0.39 is 0 Å². The molecule has 1 heterocycles. The zero-order valence-corrected chi connectivity index (χ0v) is 11.5. The van der Waals surface area contributed by atoms with Gasteiger partial charge in [-0.2, -0.15) is 4.98 Å². The van der Waals surface area contributed by atoms with Crippen LogP contribution in [-0.2, 0) is 0 Å². The Kier molecular flexibility index (Phi) is 4.44. The summed E-state index contributed by atoms with van der Waals surface area (Å²) < 4.78 is 1.92. The maximum absolute atomic E-state index is 5.98. The summed E-state index contributed by atoms with van der Waals surface area (Å²) >= 11 is 0. The van der Waals surface area contributed by atoms with Crippen LogP contribution >= 0.6 is 0 Å². The van der Waals surface area contributed by atoms with Crippen molar-refractivity contribution >= 4 is 11.9 Å². The van der Waals surface area contributed by atoms with Gasteiger partial charge in [0.25, 0.3) is 0 Å². The molecule has 0 spiro atoms. The average molecular weight is 251 g/mol. The van der Waals surface area contributed by atoms with Gasteiger partial charge in [0.15, 0.2) is 0 Å². The highest BCUT2D eigenvalue weighted by Crippen LogP contribution is 2.28. The van der Waals surface area contributed by atoms with Crippen LogP contribution in [0.5, 0.6) is 0 Å². The molecular weight excluding hydrogens is 226 g/mol. The van der Waals surface area contributed by atoms with Crippen molar-refractivity contribution in [2.24, 2.45) is 5.92 Å². The summed E-state index contributed by atoms with van der Waals surface area (Å²) in [5.74, 6) is 1.80. The second kappa shape index (κ2) is 6.07. The van der Waals surface area contributed by atoms with Crippen LogP contribution in [0, 0.1) is 5.92 Å². The number of rotatable bonds is 4. The molecule has 1 aliphatic carbocycles. The number of hydrogen-bond acceptors (Lipinski definition) is 4. The van der Waals surface area contributed by atoms with E-state index in [4.69, 9.17) is 5.73 Å². The second-order valence-electron chi connectivity index (χ2n) is 5.66. The molecule has 0 unspecified atom stereocenters. The minimum atomic E-state index is 0.439. The lowest BCUT2D eigenvalue weighted by Crippen LogP contribution is -2.13. The smallest absolute Gasteiger partial charge is 0.243 e. The van der Waals surface area contributed by atoms with Crippen molar-refractivity contribution in [1.82, 2.24) is 14.8 Å². The van der Waals surface area contributed by atoms with Gasteiger partial charge in [0.1, 0.15) is 0 Å². The molecule has 0 aromatic carbocycles. The summed E-state index contributed by atoms with van der Waals surface area (Å²) in [5.41, 5.74) is 5.98. The van der Waals surface area contributed by atoms with E-state index in [2.05, 4.69) is 29.2 Å². The van der Waals surface area contributed by atoms with Crippen molar-refractivity contribution in [2.45, 2.75) is 58.4 Å². The molecule has 0 aliphatic heterocycles. The summed E-state index contributed by atoms with van der Waals surface area (Å²) in [6.07, 6.45) is 7.58. The minimum absolute atomic E-state index is 0.439. The molecule has 0 saturated heterocycles. The molecule has 0 amide bonds. The molecule has 102 valence electrons. The maximum Gasteiger partial charge on any atom is 0.243 e. The fraction of sp³-hybridized carbons (Fsp3) is 0.846. The number of aromatic nitrogens is 3. The zero-order chi connectivity index (χ0) is 13.0. The van der Waals surface area contributed by atoms with Crippen molar-refractivity contribution in [1.29, 1.82) is 0 Å². The average Bonchev–Trinajstić information content (AvgIpc) is 2.55. The fourth-order valence-electron chi connectivity index (χ4n) is 2.48. The molecular formula is C13H25N5. The Labute approximate surface area is 109 Å². The van der Waals surface area contributed by atoms with Gasteiger partial charge in [-0.15, -0.1) is 5.10 Å². The molecule has 1 fully saturated rings. The van der Waals surface area contributed by atoms with Gasteiger partial charge in [0.05, 0.1) is 6.04 Å². The maximum atomic E-state index is 5.98. The normalized spacial score (nSPS) is 17.9. The Morgan fingerprint density at radius 1 is 1.28 bits per heavy atom. The van der Waals surface area contributed by atoms with Crippen molar-refractivity contribution in [2.75, 3.05) is 17.6 Å². The van der Waals surface area contributed by atoms with Gasteiger partial charge >= 0.3 is 0 Å². The van der Waals surface area contributed by atoms with Gasteiger partial charge in [0.2, 0.25) is 11.9 Å². The lowest BCUT2D eigenvalue weighted by atomic mass is 10.1. The van der Waals surface area contributed by atoms with Crippen LogP contribution in [-0.4, -0.2) is 21.3 Å². The Morgan fingerprint density at radius 2 is 1.94 bits per heavy atom. The second-order valence-corrected chi connectivity index (χ2v) is 5.66. The van der Waals surface area contributed by atoms with Gasteiger partial charge < -0.3 is 11.1 Å². The first-order chi connectivity index (χ1) is 8.66. The van der Waals surface area contributed by atoms with Crippen LogP contribution in [0.1, 0.15) is 58.4 Å². The molecule has 0 bridgehead atoms. The van der Waals surface area contributed by atoms with E-state index in [-0.39, 0.29) is 0 Å². The van der Waals surface area contributed by atoms with Crippen molar-refractivity contribution in [3.05, 3.63) is 0 Å². The summed E-state index contributed by atoms with van der Waals surface area (Å²) in [6, 6.07) is 0.439. The molecule has 1 saturated carbocycles. The Bertz CT molecular complexity index is 363. The van der Waals surface area contributed by atoms with Crippen LogP contribution in [0.3, 0.4) is 0 Å². The van der Waals surface area contributed by atoms with Crippen molar-refractivity contribution in [3.63, 3.8) is 0 Å². The number of hydrogen-bond donors (Lipinski definition) is 2. The first-order valence-electron chi connectivity index (χ1n) is 7.12. The molecule has 3 N–H and O–H groups in total. The van der Waals surface area contributed by atoms with E-state index in [1.807, 2.05) is 4.68 Å². The van der Waals surface area contributed by atoms with Gasteiger partial charge in [-0.05, 0) is 18.8 Å². The number of nitrogen functional groups attached to an aromatic ring is 1. The number of nitrogens with two attached hydrogens (primary N) is 1. The molecule has 0 radical (unpaired) electrons. The summed E-state index contributed by atoms with van der Waals surface area (Å²) in [5, 5.41) is 7.75. The highest BCUT2D eigenvalue weighted by Gasteiger charge is 2.18. The SMILES string of the molecule is CC(C)CNc1nc(N)n(C2CCCCCC2)n1. The summed E-state index contributed by atoms with van der Waals surface area (Å²) in [6.45, 7) is 5.21. The lowest BCUT2D eigenvalue weighted by molar-refractivity contribution is 0.411. The third-order valence-electron chi connectivity index (χ3n) is 3.50. The Morgan fingerprint density at radius 3 is 2.56 bits per heavy atom. The predicted octanol–water partition coefficient (Wildman–Crippen LogP) is 2.82. The number of anilines is 2. The van der Waals surface area contributed by atoms with Gasteiger partial charge in [-0.25, -0.2) is 4.68 Å². The first-order valence-corrected chi connectivity index (χ1v) is 7.12. The zero-order valence-electron chi connectivity index (χ0n) is 11.5. The largest absolute Gasteiger partial charge is 0.368 e. The van der Waals surface area contributed by atoms with Gasteiger partial charge in [-0.3, -0.25) is 0 Å². The van der Waals surface area contributed by atoms with Crippen molar-refractivity contribution in [3.8, 4) is 0 Å². The fourth-order valence-corrected chi connectivity index (χ4v) is 2.48. The molecule has 1 aromatic rings. The van der Waals surface area contributed by atoms with E-state index in [0.717, 1.165) is 6.54 Å². The predicted molar refractivity (Wildman–Crippen MR) is 74.5 cm³/mol. The molecule has 18 heavy (non-hydrogen) atoms. The minimum Gasteiger partial charge on any atom is -0.368 e. The van der Waals surface area contributed by atoms with E-state index in [1.165, 1.54) is 38.5 Å². The van der Waals surface area contributed by atoms with E-state index in [1.54, 1.807) is 0 Å². The van der Waals surface area contributed by atoms with Crippen LogP contribution < -0.4 is 11.1 Å². The summed E-state index contributed by atoms with van der Waals surface area (Å²) in [7, 11) is 0. The molecule has 1 aromatic heterocycles. The van der Waals surface area contributed by atoms with Crippen LogP contribution in [0.4, 0.5) is 11.9 Å². The number of nitrogens with zero attached hydrogens (tertiary/aromatic N) is 3. The number of nitrogens with one attached hydrogen (secondary N) is 1. The summed E-state index contributed by atoms with van der Waals surface area (Å²) in [4.78, 5) is 4.31. The van der Waals surface area contributed by atoms with E-state index >= 15 is 0 Å². The van der Waals surface area contributed by atoms with Crippen LogP contribution in [0.25, 0.3) is 0 Å². The molecule has 1 aliphatic rings. The molecule has 5 heteroatoms. The third kappa shape index (κ3) is 3.37. The standard InChI is InChI=1S/C13H25N5/c1-10(2)9-15-13-16-12(14)18(17-13)11-7-5-3-4-6-8-11/h10-11H,3-9H2,1-2H3,(H3,14,15,16,17). The quantitative estimate of drug-likeness (QED) is 0.807. The van der Waals surface area contributed by atoms with Gasteiger partial charge in [0, 0.05) is 6.54 Å². The highest BCUT2D eigenvalue weighted by atomic mass is 15.4. The van der Waals surface area contributed by atoms with Gasteiger partial charge in [-0.1, -0.05) is 39.5 Å². The Hall–Kier alpha value is -1.26. The highest BCUT2D eigenvalue weighted by molar-refractivity contribution is 5.31. The topological polar surface area (TPSA) is 68.8 Å². The first kappa shape index (κ1) is 13.2.